The summed E-state index contributed by atoms with van der Waals surface area (Å²) in [5.41, 5.74) is 5.22. The Morgan fingerprint density at radius 3 is 2.42 bits per heavy atom. The van der Waals surface area contributed by atoms with Gasteiger partial charge in [0.25, 0.3) is 0 Å². The number of benzene rings is 4. The number of anilines is 4. The SMILES string of the molecule is C#Cc1cc(CO)cc(Nc2cc(Oc3ccc(NC(=O)Nc4cc(C(C)(C)C)cc(C)c4OC)c4ccccc34)ccn2)c1. The maximum atomic E-state index is 13.3. The lowest BCUT2D eigenvalue weighted by atomic mass is 9.85. The van der Waals surface area contributed by atoms with E-state index < -0.39 is 0 Å². The van der Waals surface area contributed by atoms with E-state index in [0.717, 1.165) is 21.9 Å². The standard InChI is InChI=1S/C37H36N4O4/c1-7-24-17-25(22-42)19-27(18-24)39-34-21-28(14-15-38-34)45-33-13-12-31(29-10-8-9-11-30(29)33)40-36(43)41-32-20-26(37(3,4)5)16-23(2)35(32)44-6/h1,8-21,42H,22H2,2-6H3,(H,38,39)(H2,40,41,43). The van der Waals surface area contributed by atoms with Crippen LogP contribution in [0.1, 0.15) is 43.0 Å². The van der Waals surface area contributed by atoms with Gasteiger partial charge in [0, 0.05) is 34.3 Å². The number of terminal acetylenes is 1. The highest BCUT2D eigenvalue weighted by Gasteiger charge is 2.20. The fourth-order valence-electron chi connectivity index (χ4n) is 5.07. The molecule has 1 heterocycles. The summed E-state index contributed by atoms with van der Waals surface area (Å²) in [6, 6.07) is 23.9. The van der Waals surface area contributed by atoms with Gasteiger partial charge in [-0.05, 0) is 71.5 Å². The minimum absolute atomic E-state index is 0.0991. The van der Waals surface area contributed by atoms with Gasteiger partial charge in [0.2, 0.25) is 0 Å². The monoisotopic (exact) mass is 600 g/mol. The predicted molar refractivity (Wildman–Crippen MR) is 181 cm³/mol. The van der Waals surface area contributed by atoms with Gasteiger partial charge in [-0.25, -0.2) is 9.78 Å². The van der Waals surface area contributed by atoms with Gasteiger partial charge in [0.1, 0.15) is 23.1 Å². The van der Waals surface area contributed by atoms with Gasteiger partial charge in [-0.15, -0.1) is 6.42 Å². The molecule has 0 aliphatic rings. The largest absolute Gasteiger partial charge is 0.494 e. The van der Waals surface area contributed by atoms with E-state index in [1.165, 1.54) is 0 Å². The Kier molecular flexibility index (Phi) is 8.93. The number of carbonyl (C=O) groups is 1. The van der Waals surface area contributed by atoms with Crippen LogP contribution in [0.3, 0.4) is 0 Å². The van der Waals surface area contributed by atoms with Crippen LogP contribution >= 0.6 is 0 Å². The number of pyridine rings is 1. The minimum atomic E-state index is -0.388. The molecule has 0 saturated heterocycles. The molecule has 8 heteroatoms. The summed E-state index contributed by atoms with van der Waals surface area (Å²) >= 11 is 0. The molecule has 1 aromatic heterocycles. The van der Waals surface area contributed by atoms with Crippen LogP contribution in [-0.2, 0) is 12.0 Å². The van der Waals surface area contributed by atoms with Crippen LogP contribution in [0.5, 0.6) is 17.2 Å². The number of ether oxygens (including phenoxy) is 2. The van der Waals surface area contributed by atoms with Crippen molar-refractivity contribution in [3.63, 3.8) is 0 Å². The first-order valence-corrected chi connectivity index (χ1v) is 14.5. The summed E-state index contributed by atoms with van der Waals surface area (Å²) in [5, 5.41) is 20.4. The van der Waals surface area contributed by atoms with Crippen LogP contribution in [0.15, 0.2) is 85.1 Å². The summed E-state index contributed by atoms with van der Waals surface area (Å²) in [4.78, 5) is 17.7. The van der Waals surface area contributed by atoms with Crippen molar-refractivity contribution in [2.45, 2.75) is 39.7 Å². The van der Waals surface area contributed by atoms with E-state index >= 15 is 0 Å². The lowest BCUT2D eigenvalue weighted by molar-refractivity contribution is 0.262. The summed E-state index contributed by atoms with van der Waals surface area (Å²) in [5.74, 6) is 4.94. The van der Waals surface area contributed by atoms with Crippen molar-refractivity contribution in [1.29, 1.82) is 0 Å². The zero-order valence-corrected chi connectivity index (χ0v) is 26.0. The van der Waals surface area contributed by atoms with Gasteiger partial charge in [-0.1, -0.05) is 57.0 Å². The molecule has 45 heavy (non-hydrogen) atoms. The van der Waals surface area contributed by atoms with Crippen LogP contribution in [-0.4, -0.2) is 23.2 Å². The van der Waals surface area contributed by atoms with Crippen molar-refractivity contribution in [3.05, 3.63) is 107 Å². The Morgan fingerprint density at radius 1 is 0.956 bits per heavy atom. The number of hydrogen-bond donors (Lipinski definition) is 4. The minimum Gasteiger partial charge on any atom is -0.494 e. The van der Waals surface area contributed by atoms with E-state index in [4.69, 9.17) is 15.9 Å². The highest BCUT2D eigenvalue weighted by Crippen LogP contribution is 2.37. The number of amides is 2. The molecule has 0 spiro atoms. The Balaban J connectivity index is 1.37. The number of nitrogens with zero attached hydrogens (tertiary/aromatic N) is 1. The predicted octanol–water partition coefficient (Wildman–Crippen LogP) is 8.50. The number of aliphatic hydroxyl groups excluding tert-OH is 1. The Bertz CT molecular complexity index is 1920. The summed E-state index contributed by atoms with van der Waals surface area (Å²) in [6.45, 7) is 8.23. The van der Waals surface area contributed by atoms with E-state index in [2.05, 4.69) is 53.7 Å². The number of aliphatic hydroxyl groups is 1. The van der Waals surface area contributed by atoms with Gasteiger partial charge in [0.05, 0.1) is 25.1 Å². The van der Waals surface area contributed by atoms with Gasteiger partial charge in [-0.3, -0.25) is 0 Å². The molecule has 5 aromatic rings. The highest BCUT2D eigenvalue weighted by molar-refractivity contribution is 6.08. The third-order valence-electron chi connectivity index (χ3n) is 7.30. The number of fused-ring (bicyclic) bond motifs is 1. The third kappa shape index (κ3) is 7.18. The maximum Gasteiger partial charge on any atom is 0.323 e. The number of aryl methyl sites for hydroxylation is 1. The van der Waals surface area contributed by atoms with Crippen molar-refractivity contribution in [2.75, 3.05) is 23.1 Å². The summed E-state index contributed by atoms with van der Waals surface area (Å²) in [7, 11) is 1.60. The van der Waals surface area contributed by atoms with Crippen LogP contribution in [0.2, 0.25) is 0 Å². The lowest BCUT2D eigenvalue weighted by Crippen LogP contribution is -2.21. The number of nitrogens with one attached hydrogen (secondary N) is 3. The Morgan fingerprint density at radius 2 is 1.71 bits per heavy atom. The van der Waals surface area contributed by atoms with Gasteiger partial charge < -0.3 is 30.5 Å². The molecule has 0 bridgehead atoms. The van der Waals surface area contributed by atoms with E-state index in [9.17, 15) is 9.90 Å². The van der Waals surface area contributed by atoms with E-state index in [1.807, 2.05) is 61.5 Å². The number of hydrogen-bond acceptors (Lipinski definition) is 6. The van der Waals surface area contributed by atoms with Crippen molar-refractivity contribution >= 4 is 39.7 Å². The number of aromatic nitrogens is 1. The average Bonchev–Trinajstić information content (AvgIpc) is 3.01. The first kappa shape index (κ1) is 30.9. The quantitative estimate of drug-likeness (QED) is 0.133. The lowest BCUT2D eigenvalue weighted by Gasteiger charge is -2.23. The van der Waals surface area contributed by atoms with Gasteiger partial charge in [-0.2, -0.15) is 0 Å². The topological polar surface area (TPSA) is 105 Å². The number of rotatable bonds is 8. The fraction of sp³-hybridized carbons (Fsp3) is 0.189. The number of urea groups is 1. The molecule has 228 valence electrons. The Labute approximate surface area is 263 Å². The molecule has 8 nitrogen and oxygen atoms in total. The van der Waals surface area contributed by atoms with Crippen LogP contribution in [0.4, 0.5) is 27.7 Å². The van der Waals surface area contributed by atoms with Crippen LogP contribution in [0, 0.1) is 19.3 Å². The highest BCUT2D eigenvalue weighted by atomic mass is 16.5. The molecule has 4 N–H and O–H groups in total. The molecule has 0 saturated carbocycles. The molecule has 0 atom stereocenters. The molecule has 0 aliphatic carbocycles. The second-order valence-corrected chi connectivity index (χ2v) is 11.7. The summed E-state index contributed by atoms with van der Waals surface area (Å²) in [6.07, 6.45) is 7.21. The second kappa shape index (κ2) is 13.0. The van der Waals surface area contributed by atoms with Crippen LogP contribution in [0.25, 0.3) is 10.8 Å². The number of methoxy groups -OCH3 is 1. The fourth-order valence-corrected chi connectivity index (χ4v) is 5.07. The smallest absolute Gasteiger partial charge is 0.323 e. The third-order valence-corrected chi connectivity index (χ3v) is 7.30. The van der Waals surface area contributed by atoms with Gasteiger partial charge in [0.15, 0.2) is 0 Å². The van der Waals surface area contributed by atoms with E-state index in [1.54, 1.807) is 31.5 Å². The number of carbonyl (C=O) groups excluding carboxylic acids is 1. The molecular weight excluding hydrogens is 564 g/mol. The van der Waals surface area contributed by atoms with Crippen molar-refractivity contribution in [1.82, 2.24) is 4.98 Å². The molecular formula is C37H36N4O4. The normalized spacial score (nSPS) is 11.0. The first-order chi connectivity index (χ1) is 21.6. The molecule has 5 rings (SSSR count). The van der Waals surface area contributed by atoms with E-state index in [-0.39, 0.29) is 18.1 Å². The average molecular weight is 601 g/mol. The first-order valence-electron chi connectivity index (χ1n) is 14.5. The maximum absolute atomic E-state index is 13.3. The van der Waals surface area contributed by atoms with Gasteiger partial charge >= 0.3 is 6.03 Å². The summed E-state index contributed by atoms with van der Waals surface area (Å²) < 4.78 is 11.9. The van der Waals surface area contributed by atoms with Crippen LogP contribution < -0.4 is 25.4 Å². The zero-order chi connectivity index (χ0) is 32.1. The van der Waals surface area contributed by atoms with Crippen molar-refractivity contribution in [2.24, 2.45) is 0 Å². The Hall–Kier alpha value is -5.52. The molecule has 4 aromatic carbocycles. The van der Waals surface area contributed by atoms with E-state index in [0.29, 0.717) is 51.3 Å². The zero-order valence-electron chi connectivity index (χ0n) is 26.0. The van der Waals surface area contributed by atoms with Crippen molar-refractivity contribution in [3.8, 4) is 29.6 Å². The molecule has 0 aliphatic heterocycles. The molecule has 0 fully saturated rings. The second-order valence-electron chi connectivity index (χ2n) is 11.7. The molecule has 2 amide bonds. The molecule has 0 radical (unpaired) electrons. The molecule has 0 unspecified atom stereocenters. The van der Waals surface area contributed by atoms with Crippen molar-refractivity contribution < 1.29 is 19.4 Å².